The molecule has 0 aromatic heterocycles. The molecule has 0 spiro atoms. The fraction of sp³-hybridized carbons (Fsp3) is 0.500. The Hall–Kier alpha value is -1.00. The third-order valence-electron chi connectivity index (χ3n) is 3.20. The number of benzene rings is 1. The summed E-state index contributed by atoms with van der Waals surface area (Å²) in [6.07, 6.45) is 3.50. The topological polar surface area (TPSA) is 40.5 Å². The number of piperidine rings is 1. The van der Waals surface area contributed by atoms with E-state index >= 15 is 0 Å². The van der Waals surface area contributed by atoms with Gasteiger partial charge in [0.25, 0.3) is 0 Å². The molecule has 0 aliphatic carbocycles. The lowest BCUT2D eigenvalue weighted by Crippen LogP contribution is -2.36. The van der Waals surface area contributed by atoms with E-state index in [4.69, 9.17) is 0 Å². The maximum absolute atomic E-state index is 12.0. The van der Waals surface area contributed by atoms with Gasteiger partial charge in [0.05, 0.1) is 12.4 Å². The predicted octanol–water partition coefficient (Wildman–Crippen LogP) is 2.28. The largest absolute Gasteiger partial charge is 0.392 e. The minimum absolute atomic E-state index is 0.0288. The lowest BCUT2D eigenvalue weighted by atomic mass is 10.1. The van der Waals surface area contributed by atoms with Crippen molar-refractivity contribution in [2.45, 2.75) is 30.8 Å². The van der Waals surface area contributed by atoms with Gasteiger partial charge in [-0.3, -0.25) is 4.79 Å². The first-order valence-electron chi connectivity index (χ1n) is 6.40. The van der Waals surface area contributed by atoms with Crippen molar-refractivity contribution in [3.8, 4) is 0 Å². The third kappa shape index (κ3) is 3.50. The Morgan fingerprint density at radius 2 is 1.94 bits per heavy atom. The number of carbonyl (C=O) groups is 1. The lowest BCUT2D eigenvalue weighted by molar-refractivity contribution is -0.129. The first kappa shape index (κ1) is 13.4. The summed E-state index contributed by atoms with van der Waals surface area (Å²) in [5, 5.41) is 9.22. The molecule has 0 radical (unpaired) electrons. The number of likely N-dealkylation sites (tertiary alicyclic amines) is 1. The van der Waals surface area contributed by atoms with Gasteiger partial charge in [0.1, 0.15) is 0 Å². The number of rotatable bonds is 4. The van der Waals surface area contributed by atoms with Crippen LogP contribution >= 0.6 is 11.8 Å². The molecular formula is C14H19NO2S. The van der Waals surface area contributed by atoms with Crippen LogP contribution < -0.4 is 0 Å². The Labute approximate surface area is 112 Å². The minimum Gasteiger partial charge on any atom is -0.392 e. The summed E-state index contributed by atoms with van der Waals surface area (Å²) in [4.78, 5) is 15.0. The number of hydrogen-bond donors (Lipinski definition) is 1. The molecule has 18 heavy (non-hydrogen) atoms. The molecule has 1 aromatic carbocycles. The minimum atomic E-state index is 0.0288. The zero-order chi connectivity index (χ0) is 12.8. The van der Waals surface area contributed by atoms with Gasteiger partial charge in [0.15, 0.2) is 0 Å². The summed E-state index contributed by atoms with van der Waals surface area (Å²) in [5.74, 6) is 0.684. The molecule has 1 aliphatic rings. The average Bonchev–Trinajstić information content (AvgIpc) is 2.46. The molecule has 1 saturated heterocycles. The summed E-state index contributed by atoms with van der Waals surface area (Å²) in [6, 6.07) is 7.70. The van der Waals surface area contributed by atoms with Gasteiger partial charge in [-0.05, 0) is 30.9 Å². The van der Waals surface area contributed by atoms with E-state index in [9.17, 15) is 9.90 Å². The zero-order valence-corrected chi connectivity index (χ0v) is 11.3. The van der Waals surface area contributed by atoms with Crippen LogP contribution in [0.2, 0.25) is 0 Å². The first-order valence-corrected chi connectivity index (χ1v) is 7.39. The maximum Gasteiger partial charge on any atom is 0.232 e. The van der Waals surface area contributed by atoms with Crippen molar-refractivity contribution in [2.24, 2.45) is 0 Å². The van der Waals surface area contributed by atoms with E-state index in [2.05, 4.69) is 0 Å². The second kappa shape index (κ2) is 6.81. The number of hydrogen-bond acceptors (Lipinski definition) is 3. The van der Waals surface area contributed by atoms with Crippen molar-refractivity contribution < 1.29 is 9.90 Å². The molecule has 2 rings (SSSR count). The molecule has 1 N–H and O–H groups in total. The fourth-order valence-electron chi connectivity index (χ4n) is 2.15. The van der Waals surface area contributed by atoms with Gasteiger partial charge in [-0.25, -0.2) is 0 Å². The number of aliphatic hydroxyl groups is 1. The van der Waals surface area contributed by atoms with E-state index in [-0.39, 0.29) is 12.5 Å². The average molecular weight is 265 g/mol. The Balaban J connectivity index is 1.88. The Bertz CT molecular complexity index is 403. The van der Waals surface area contributed by atoms with Gasteiger partial charge in [0.2, 0.25) is 5.91 Å². The Kier molecular flexibility index (Phi) is 5.08. The molecular weight excluding hydrogens is 246 g/mol. The summed E-state index contributed by atoms with van der Waals surface area (Å²) >= 11 is 1.52. The summed E-state index contributed by atoms with van der Waals surface area (Å²) < 4.78 is 0. The van der Waals surface area contributed by atoms with Crippen LogP contribution in [0.5, 0.6) is 0 Å². The van der Waals surface area contributed by atoms with Crippen LogP contribution in [-0.4, -0.2) is 34.8 Å². The van der Waals surface area contributed by atoms with Crippen molar-refractivity contribution in [3.63, 3.8) is 0 Å². The standard InChI is InChI=1S/C14H19NO2S/c16-10-12-6-2-3-7-13(12)18-11-14(17)15-8-4-1-5-9-15/h2-3,6-7,16H,1,4-5,8-11H2. The number of amides is 1. The highest BCUT2D eigenvalue weighted by atomic mass is 32.2. The monoisotopic (exact) mass is 265 g/mol. The van der Waals surface area contributed by atoms with Crippen LogP contribution in [-0.2, 0) is 11.4 Å². The van der Waals surface area contributed by atoms with Crippen LogP contribution in [0.4, 0.5) is 0 Å². The SMILES string of the molecule is O=C(CSc1ccccc1CO)N1CCCCC1. The zero-order valence-electron chi connectivity index (χ0n) is 10.5. The highest BCUT2D eigenvalue weighted by Gasteiger charge is 2.16. The first-order chi connectivity index (χ1) is 8.81. The third-order valence-corrected chi connectivity index (χ3v) is 4.30. The number of aliphatic hydroxyl groups excluding tert-OH is 1. The summed E-state index contributed by atoms with van der Waals surface area (Å²) in [6.45, 7) is 1.84. The molecule has 1 fully saturated rings. The second-order valence-corrected chi connectivity index (χ2v) is 5.51. The molecule has 1 heterocycles. The molecule has 4 heteroatoms. The normalized spacial score (nSPS) is 15.7. The molecule has 1 aromatic rings. The number of thioether (sulfide) groups is 1. The van der Waals surface area contributed by atoms with Crippen molar-refractivity contribution in [3.05, 3.63) is 29.8 Å². The van der Waals surface area contributed by atoms with Crippen molar-refractivity contribution >= 4 is 17.7 Å². The van der Waals surface area contributed by atoms with Crippen LogP contribution in [0.3, 0.4) is 0 Å². The highest BCUT2D eigenvalue weighted by molar-refractivity contribution is 8.00. The van der Waals surface area contributed by atoms with Crippen molar-refractivity contribution in [1.82, 2.24) is 4.90 Å². The molecule has 0 saturated carbocycles. The van der Waals surface area contributed by atoms with E-state index in [0.29, 0.717) is 5.75 Å². The smallest absolute Gasteiger partial charge is 0.232 e. The van der Waals surface area contributed by atoms with Gasteiger partial charge < -0.3 is 10.0 Å². The van der Waals surface area contributed by atoms with E-state index in [1.54, 1.807) is 0 Å². The highest BCUT2D eigenvalue weighted by Crippen LogP contribution is 2.23. The number of nitrogens with zero attached hydrogens (tertiary/aromatic N) is 1. The Morgan fingerprint density at radius 1 is 1.22 bits per heavy atom. The second-order valence-electron chi connectivity index (χ2n) is 4.50. The van der Waals surface area contributed by atoms with Crippen molar-refractivity contribution in [2.75, 3.05) is 18.8 Å². The van der Waals surface area contributed by atoms with Gasteiger partial charge in [-0.1, -0.05) is 18.2 Å². The quantitative estimate of drug-likeness (QED) is 0.849. The number of carbonyl (C=O) groups excluding carboxylic acids is 1. The van der Waals surface area contributed by atoms with Gasteiger partial charge in [0, 0.05) is 18.0 Å². The van der Waals surface area contributed by atoms with Crippen molar-refractivity contribution in [1.29, 1.82) is 0 Å². The molecule has 0 unspecified atom stereocenters. The van der Waals surface area contributed by atoms with Crippen LogP contribution in [0.1, 0.15) is 24.8 Å². The molecule has 1 aliphatic heterocycles. The van der Waals surface area contributed by atoms with Crippen LogP contribution in [0, 0.1) is 0 Å². The fourth-order valence-corrected chi connectivity index (χ4v) is 3.10. The van der Waals surface area contributed by atoms with E-state index in [1.165, 1.54) is 18.2 Å². The van der Waals surface area contributed by atoms with Gasteiger partial charge in [-0.2, -0.15) is 0 Å². The molecule has 3 nitrogen and oxygen atoms in total. The van der Waals surface area contributed by atoms with Crippen LogP contribution in [0.15, 0.2) is 29.2 Å². The van der Waals surface area contributed by atoms with E-state index < -0.39 is 0 Å². The summed E-state index contributed by atoms with van der Waals surface area (Å²) in [7, 11) is 0. The maximum atomic E-state index is 12.0. The molecule has 98 valence electrons. The molecule has 1 amide bonds. The lowest BCUT2D eigenvalue weighted by Gasteiger charge is -2.26. The van der Waals surface area contributed by atoms with Gasteiger partial charge >= 0.3 is 0 Å². The summed E-state index contributed by atoms with van der Waals surface area (Å²) in [5.41, 5.74) is 0.897. The molecule has 0 atom stereocenters. The van der Waals surface area contributed by atoms with E-state index in [0.717, 1.165) is 36.4 Å². The van der Waals surface area contributed by atoms with E-state index in [1.807, 2.05) is 29.2 Å². The molecule has 0 bridgehead atoms. The van der Waals surface area contributed by atoms with Crippen LogP contribution in [0.25, 0.3) is 0 Å². The Morgan fingerprint density at radius 3 is 2.67 bits per heavy atom. The van der Waals surface area contributed by atoms with Gasteiger partial charge in [-0.15, -0.1) is 11.8 Å². The predicted molar refractivity (Wildman–Crippen MR) is 73.5 cm³/mol.